The molecule has 1 aliphatic carbocycles. The van der Waals surface area contributed by atoms with Crippen molar-refractivity contribution in [1.29, 1.82) is 0 Å². The number of benzene rings is 2. The predicted octanol–water partition coefficient (Wildman–Crippen LogP) is 4.92. The van der Waals surface area contributed by atoms with Gasteiger partial charge < -0.3 is 15.1 Å². The molecule has 1 heterocycles. The minimum atomic E-state index is -0.0838. The van der Waals surface area contributed by atoms with Crippen LogP contribution in [-0.4, -0.2) is 59.6 Å². The van der Waals surface area contributed by atoms with Gasteiger partial charge in [-0.2, -0.15) is 0 Å². The first-order valence-electron chi connectivity index (χ1n) is 11.9. The maximum atomic E-state index is 13.4. The van der Waals surface area contributed by atoms with Crippen LogP contribution in [0.2, 0.25) is 0 Å². The van der Waals surface area contributed by atoms with Crippen LogP contribution in [0.3, 0.4) is 0 Å². The number of carbonyl (C=O) groups excluding carboxylic acids is 2. The molecule has 0 aromatic heterocycles. The number of carbonyl (C=O) groups is 2. The van der Waals surface area contributed by atoms with Crippen LogP contribution in [0.5, 0.6) is 0 Å². The molecule has 2 unspecified atom stereocenters. The lowest BCUT2D eigenvalue weighted by Gasteiger charge is -2.43. The van der Waals surface area contributed by atoms with Gasteiger partial charge in [0.25, 0.3) is 5.91 Å². The molecule has 1 aliphatic heterocycles. The number of nitrogens with zero attached hydrogens (tertiary/aromatic N) is 2. The number of nitrogens with one attached hydrogen (secondary N) is 1. The van der Waals surface area contributed by atoms with Gasteiger partial charge in [-0.25, -0.2) is 0 Å². The molecule has 2 aliphatic rings. The predicted molar refractivity (Wildman–Crippen MR) is 143 cm³/mol. The normalized spacial score (nSPS) is 21.6. The Morgan fingerprint density at radius 3 is 2.76 bits per heavy atom. The number of hydrogen-bond acceptors (Lipinski definition) is 4. The van der Waals surface area contributed by atoms with Crippen LogP contribution < -0.4 is 5.32 Å². The van der Waals surface area contributed by atoms with E-state index in [0.717, 1.165) is 47.3 Å². The molecular weight excluding hydrogens is 510 g/mol. The monoisotopic (exact) mass is 541 g/mol. The molecule has 2 fully saturated rings. The summed E-state index contributed by atoms with van der Waals surface area (Å²) in [6, 6.07) is 18.4. The molecule has 7 heteroatoms. The molecule has 4 rings (SSSR count). The van der Waals surface area contributed by atoms with Crippen LogP contribution in [0.25, 0.3) is 6.08 Å². The molecule has 2 aromatic rings. The largest absolute Gasteiger partial charge is 0.353 e. The molecule has 1 N–H and O–H groups in total. The third-order valence-electron chi connectivity index (χ3n) is 6.39. The van der Waals surface area contributed by atoms with Gasteiger partial charge in [-0.1, -0.05) is 71.2 Å². The molecule has 0 bridgehead atoms. The van der Waals surface area contributed by atoms with Crippen LogP contribution in [-0.2, 0) is 16.1 Å². The van der Waals surface area contributed by atoms with Gasteiger partial charge in [-0.3, -0.25) is 9.59 Å². The first kappa shape index (κ1) is 25.0. The van der Waals surface area contributed by atoms with E-state index in [9.17, 15) is 9.59 Å². The van der Waals surface area contributed by atoms with E-state index in [1.54, 1.807) is 11.8 Å². The lowest BCUT2D eigenvalue weighted by Crippen LogP contribution is -2.54. The van der Waals surface area contributed by atoms with E-state index in [-0.39, 0.29) is 24.4 Å². The summed E-state index contributed by atoms with van der Waals surface area (Å²) in [4.78, 5) is 31.0. The zero-order valence-electron chi connectivity index (χ0n) is 19.6. The molecule has 2 amide bonds. The lowest BCUT2D eigenvalue weighted by molar-refractivity contribution is -0.135. The molecular formula is C27H32BrN3O2S. The maximum absolute atomic E-state index is 13.4. The molecule has 5 nitrogen and oxygen atoms in total. The zero-order valence-corrected chi connectivity index (χ0v) is 22.0. The van der Waals surface area contributed by atoms with E-state index >= 15 is 0 Å². The van der Waals surface area contributed by atoms with Crippen molar-refractivity contribution in [3.8, 4) is 0 Å². The fraction of sp³-hybridized carbons (Fsp3) is 0.407. The highest BCUT2D eigenvalue weighted by atomic mass is 79.9. The van der Waals surface area contributed by atoms with Gasteiger partial charge in [0.2, 0.25) is 5.91 Å². The Morgan fingerprint density at radius 2 is 1.97 bits per heavy atom. The number of halogens is 1. The fourth-order valence-electron chi connectivity index (χ4n) is 4.68. The number of rotatable bonds is 8. The second kappa shape index (κ2) is 12.0. The minimum absolute atomic E-state index is 0.0236. The molecule has 180 valence electrons. The first-order chi connectivity index (χ1) is 16.5. The van der Waals surface area contributed by atoms with Crippen LogP contribution in [0.4, 0.5) is 0 Å². The second-order valence-corrected chi connectivity index (χ2v) is 11.3. The van der Waals surface area contributed by atoms with E-state index in [1.807, 2.05) is 53.4 Å². The first-order valence-corrected chi connectivity index (χ1v) is 13.6. The van der Waals surface area contributed by atoms with Crippen molar-refractivity contribution >= 4 is 45.6 Å². The van der Waals surface area contributed by atoms with E-state index < -0.39 is 0 Å². The highest BCUT2D eigenvalue weighted by molar-refractivity contribution is 9.10. The highest BCUT2D eigenvalue weighted by Crippen LogP contribution is 2.42. The van der Waals surface area contributed by atoms with E-state index in [1.165, 1.54) is 12.0 Å². The Morgan fingerprint density at radius 1 is 1.18 bits per heavy atom. The Bertz CT molecular complexity index is 1030. The van der Waals surface area contributed by atoms with E-state index in [4.69, 9.17) is 0 Å². The molecule has 2 aromatic carbocycles. The van der Waals surface area contributed by atoms with E-state index in [0.29, 0.717) is 11.8 Å². The van der Waals surface area contributed by atoms with Gasteiger partial charge in [0, 0.05) is 35.4 Å². The van der Waals surface area contributed by atoms with Crippen LogP contribution >= 0.6 is 27.7 Å². The average molecular weight is 543 g/mol. The van der Waals surface area contributed by atoms with Crippen molar-refractivity contribution in [1.82, 2.24) is 15.1 Å². The Balaban J connectivity index is 1.36. The maximum Gasteiger partial charge on any atom is 0.261 e. The van der Waals surface area contributed by atoms with Gasteiger partial charge in [-0.15, -0.1) is 11.8 Å². The van der Waals surface area contributed by atoms with Gasteiger partial charge in [0.05, 0.1) is 4.91 Å². The summed E-state index contributed by atoms with van der Waals surface area (Å²) in [6.45, 7) is 2.28. The smallest absolute Gasteiger partial charge is 0.261 e. The van der Waals surface area contributed by atoms with Gasteiger partial charge in [0.15, 0.2) is 0 Å². The number of amides is 2. The van der Waals surface area contributed by atoms with Crippen molar-refractivity contribution in [3.63, 3.8) is 0 Å². The van der Waals surface area contributed by atoms with Gasteiger partial charge in [-0.05, 0) is 49.2 Å². The van der Waals surface area contributed by atoms with Gasteiger partial charge in [0.1, 0.15) is 6.54 Å². The van der Waals surface area contributed by atoms with Gasteiger partial charge >= 0.3 is 0 Å². The quantitative estimate of drug-likeness (QED) is 0.481. The fourth-order valence-corrected chi connectivity index (χ4v) is 6.57. The topological polar surface area (TPSA) is 52.7 Å². The van der Waals surface area contributed by atoms with Crippen LogP contribution in [0.15, 0.2) is 64.0 Å². The molecule has 1 saturated carbocycles. The third-order valence-corrected chi connectivity index (χ3v) is 8.28. The zero-order chi connectivity index (χ0) is 23.9. The standard InChI is InChI=1S/C27H32BrN3O2S/c1-30(18-20-8-3-2-4-9-20)15-14-29-26(32)19-31-23-12-5-6-13-24(23)34-25(27(31)33)17-21-10-7-11-22(28)16-21/h2-4,7-11,16-17,23-24H,5-6,12-15,18-19H2,1H3,(H,29,32)/b25-17+. The number of thioether (sulfide) groups is 1. The second-order valence-electron chi connectivity index (χ2n) is 9.08. The Hall–Kier alpha value is -2.09. The lowest BCUT2D eigenvalue weighted by atomic mass is 9.93. The van der Waals surface area contributed by atoms with Crippen molar-refractivity contribution in [3.05, 3.63) is 75.1 Å². The summed E-state index contributed by atoms with van der Waals surface area (Å²) in [5, 5.41) is 3.38. The summed E-state index contributed by atoms with van der Waals surface area (Å²) < 4.78 is 0.985. The summed E-state index contributed by atoms with van der Waals surface area (Å²) in [6.07, 6.45) is 6.32. The molecule has 34 heavy (non-hydrogen) atoms. The van der Waals surface area contributed by atoms with Crippen molar-refractivity contribution < 1.29 is 9.59 Å². The molecule has 0 radical (unpaired) electrons. The third kappa shape index (κ3) is 6.74. The summed E-state index contributed by atoms with van der Waals surface area (Å²) in [5.74, 6) is -0.107. The molecule has 1 saturated heterocycles. The molecule has 0 spiro atoms. The average Bonchev–Trinajstić information content (AvgIpc) is 2.82. The minimum Gasteiger partial charge on any atom is -0.353 e. The van der Waals surface area contributed by atoms with Crippen LogP contribution in [0.1, 0.15) is 36.8 Å². The summed E-state index contributed by atoms with van der Waals surface area (Å²) >= 11 is 5.20. The summed E-state index contributed by atoms with van der Waals surface area (Å²) in [7, 11) is 2.05. The van der Waals surface area contributed by atoms with Crippen LogP contribution in [0, 0.1) is 0 Å². The number of fused-ring (bicyclic) bond motifs is 1. The number of likely N-dealkylation sites (N-methyl/N-ethyl adjacent to an activating group) is 1. The Kier molecular flexibility index (Phi) is 8.86. The highest BCUT2D eigenvalue weighted by Gasteiger charge is 2.41. The molecule has 2 atom stereocenters. The SMILES string of the molecule is CN(CCNC(=O)CN1C(=O)/C(=C\c2cccc(Br)c2)SC2CCCCC21)Cc1ccccc1. The Labute approximate surface area is 215 Å². The number of hydrogen-bond donors (Lipinski definition) is 1. The van der Waals surface area contributed by atoms with Crippen molar-refractivity contribution in [2.75, 3.05) is 26.7 Å². The van der Waals surface area contributed by atoms with E-state index in [2.05, 4.69) is 45.3 Å². The van der Waals surface area contributed by atoms with Crippen molar-refractivity contribution in [2.24, 2.45) is 0 Å². The van der Waals surface area contributed by atoms with Crippen molar-refractivity contribution in [2.45, 2.75) is 43.5 Å². The summed E-state index contributed by atoms with van der Waals surface area (Å²) in [5.41, 5.74) is 2.24.